The van der Waals surface area contributed by atoms with Gasteiger partial charge < -0.3 is 21.7 Å². The van der Waals surface area contributed by atoms with Crippen molar-refractivity contribution >= 4 is 40.5 Å². The van der Waals surface area contributed by atoms with Crippen molar-refractivity contribution in [3.05, 3.63) is 47.5 Å². The molecule has 0 aromatic heterocycles. The lowest BCUT2D eigenvalue weighted by Crippen LogP contribution is -2.05. The Morgan fingerprint density at radius 2 is 1.52 bits per heavy atom. The molecule has 2 aliphatic rings. The van der Waals surface area contributed by atoms with E-state index < -0.39 is 0 Å². The second-order valence-electron chi connectivity index (χ2n) is 5.92. The number of nitrogen functional groups attached to an aromatic ring is 1. The highest BCUT2D eigenvalue weighted by Crippen LogP contribution is 2.26. The van der Waals surface area contributed by atoms with Crippen LogP contribution in [0.15, 0.2) is 36.4 Å². The molecule has 128 valence electrons. The van der Waals surface area contributed by atoms with Crippen LogP contribution in [0.25, 0.3) is 0 Å². The first kappa shape index (κ1) is 16.5. The summed E-state index contributed by atoms with van der Waals surface area (Å²) in [5.41, 5.74) is 10.6. The standard InChI is InChI=1S/C10H10N2O2.C8H8N2O/c1-6(13)11-8-2-3-9-7(4-8)5-10(14)12-9;9-6-1-2-7-5(3-6)4-8(11)10-7/h2-4H,5H2,1H3,(H,11,13)(H,12,14);1-3H,4,9H2,(H,10,11). The number of carbonyl (C=O) groups excluding carboxylic acids is 3. The molecule has 0 unspecified atom stereocenters. The smallest absolute Gasteiger partial charge is 0.228 e. The molecular weight excluding hydrogens is 320 g/mol. The summed E-state index contributed by atoms with van der Waals surface area (Å²) in [6.45, 7) is 1.45. The van der Waals surface area contributed by atoms with Crippen molar-refractivity contribution in [2.24, 2.45) is 0 Å². The average molecular weight is 338 g/mol. The van der Waals surface area contributed by atoms with E-state index in [0.717, 1.165) is 28.2 Å². The Kier molecular flexibility index (Phi) is 4.38. The number of carbonyl (C=O) groups is 3. The topological polar surface area (TPSA) is 113 Å². The third-order valence-corrected chi connectivity index (χ3v) is 3.81. The molecule has 2 heterocycles. The van der Waals surface area contributed by atoms with Gasteiger partial charge in [-0.3, -0.25) is 14.4 Å². The number of amides is 3. The molecule has 0 aliphatic carbocycles. The summed E-state index contributed by atoms with van der Waals surface area (Å²) in [6.07, 6.45) is 0.850. The second kappa shape index (κ2) is 6.64. The van der Waals surface area contributed by atoms with Gasteiger partial charge in [0.2, 0.25) is 17.7 Å². The van der Waals surface area contributed by atoms with Crippen molar-refractivity contribution in [1.29, 1.82) is 0 Å². The Bertz CT molecular complexity index is 877. The van der Waals surface area contributed by atoms with Gasteiger partial charge in [-0.1, -0.05) is 0 Å². The van der Waals surface area contributed by atoms with E-state index in [9.17, 15) is 14.4 Å². The molecule has 2 aromatic carbocycles. The van der Waals surface area contributed by atoms with Crippen LogP contribution < -0.4 is 21.7 Å². The van der Waals surface area contributed by atoms with Gasteiger partial charge in [0.1, 0.15) is 0 Å². The van der Waals surface area contributed by atoms with E-state index in [2.05, 4.69) is 16.0 Å². The number of hydrogen-bond acceptors (Lipinski definition) is 4. The Labute approximate surface area is 144 Å². The Morgan fingerprint density at radius 1 is 0.960 bits per heavy atom. The molecule has 0 bridgehead atoms. The first-order valence-corrected chi connectivity index (χ1v) is 7.79. The molecule has 5 N–H and O–H groups in total. The molecule has 2 aromatic rings. The normalized spacial score (nSPS) is 13.8. The molecule has 0 fully saturated rings. The van der Waals surface area contributed by atoms with Crippen LogP contribution in [0.2, 0.25) is 0 Å². The van der Waals surface area contributed by atoms with Gasteiger partial charge in [-0.25, -0.2) is 0 Å². The summed E-state index contributed by atoms with van der Waals surface area (Å²) in [5, 5.41) is 8.13. The fourth-order valence-electron chi connectivity index (χ4n) is 2.76. The van der Waals surface area contributed by atoms with Crippen LogP contribution in [0.1, 0.15) is 18.1 Å². The molecule has 0 saturated carbocycles. The summed E-state index contributed by atoms with van der Waals surface area (Å²) in [6, 6.07) is 10.8. The predicted octanol–water partition coefficient (Wildman–Crippen LogP) is 1.90. The summed E-state index contributed by atoms with van der Waals surface area (Å²) in [5.74, 6) is -0.0622. The molecule has 7 heteroatoms. The molecule has 0 atom stereocenters. The van der Waals surface area contributed by atoms with E-state index in [4.69, 9.17) is 5.73 Å². The van der Waals surface area contributed by atoms with E-state index in [1.807, 2.05) is 18.2 Å². The first-order valence-electron chi connectivity index (χ1n) is 7.79. The zero-order valence-electron chi connectivity index (χ0n) is 13.7. The van der Waals surface area contributed by atoms with Crippen molar-refractivity contribution in [1.82, 2.24) is 0 Å². The van der Waals surface area contributed by atoms with Gasteiger partial charge in [-0.05, 0) is 47.5 Å². The Hall–Kier alpha value is -3.35. The van der Waals surface area contributed by atoms with Crippen LogP contribution in [-0.4, -0.2) is 17.7 Å². The summed E-state index contributed by atoms with van der Waals surface area (Å²) < 4.78 is 0. The largest absolute Gasteiger partial charge is 0.399 e. The maximum absolute atomic E-state index is 11.0. The van der Waals surface area contributed by atoms with Gasteiger partial charge in [0.15, 0.2) is 0 Å². The quantitative estimate of drug-likeness (QED) is 0.595. The highest BCUT2D eigenvalue weighted by molar-refractivity contribution is 6.00. The van der Waals surface area contributed by atoms with Crippen LogP contribution in [-0.2, 0) is 27.2 Å². The molecule has 2 aliphatic heterocycles. The highest BCUT2D eigenvalue weighted by atomic mass is 16.2. The maximum Gasteiger partial charge on any atom is 0.228 e. The molecular formula is C18H18N4O3. The van der Waals surface area contributed by atoms with E-state index >= 15 is 0 Å². The van der Waals surface area contributed by atoms with Gasteiger partial charge in [0.25, 0.3) is 0 Å². The van der Waals surface area contributed by atoms with Crippen molar-refractivity contribution in [2.75, 3.05) is 21.7 Å². The number of nitrogens with one attached hydrogen (secondary N) is 3. The number of rotatable bonds is 1. The molecule has 0 spiro atoms. The van der Waals surface area contributed by atoms with Gasteiger partial charge in [0.05, 0.1) is 12.8 Å². The minimum atomic E-state index is -0.109. The second-order valence-corrected chi connectivity index (χ2v) is 5.92. The molecule has 25 heavy (non-hydrogen) atoms. The number of anilines is 4. The molecule has 0 radical (unpaired) electrons. The van der Waals surface area contributed by atoms with Crippen LogP contribution in [0, 0.1) is 0 Å². The Balaban J connectivity index is 0.000000150. The van der Waals surface area contributed by atoms with Crippen LogP contribution >= 0.6 is 0 Å². The number of fused-ring (bicyclic) bond motifs is 2. The predicted molar refractivity (Wildman–Crippen MR) is 96.3 cm³/mol. The fraction of sp³-hybridized carbons (Fsp3) is 0.167. The summed E-state index contributed by atoms with van der Waals surface area (Å²) in [4.78, 5) is 32.7. The minimum Gasteiger partial charge on any atom is -0.399 e. The molecule has 4 rings (SSSR count). The SMILES string of the molecule is CC(=O)Nc1ccc2c(c1)CC(=O)N2.Nc1ccc2c(c1)CC(=O)N2. The molecule has 7 nitrogen and oxygen atoms in total. The van der Waals surface area contributed by atoms with Gasteiger partial charge >= 0.3 is 0 Å². The lowest BCUT2D eigenvalue weighted by molar-refractivity contribution is -0.115. The van der Waals surface area contributed by atoms with Gasteiger partial charge in [0, 0.05) is 29.7 Å². The van der Waals surface area contributed by atoms with Gasteiger partial charge in [-0.2, -0.15) is 0 Å². The highest BCUT2D eigenvalue weighted by Gasteiger charge is 2.17. The monoisotopic (exact) mass is 338 g/mol. The van der Waals surface area contributed by atoms with E-state index in [0.29, 0.717) is 18.5 Å². The van der Waals surface area contributed by atoms with Crippen LogP contribution in [0.5, 0.6) is 0 Å². The van der Waals surface area contributed by atoms with E-state index in [-0.39, 0.29) is 17.7 Å². The van der Waals surface area contributed by atoms with Crippen LogP contribution in [0.3, 0.4) is 0 Å². The lowest BCUT2D eigenvalue weighted by Gasteiger charge is -2.03. The zero-order valence-corrected chi connectivity index (χ0v) is 13.7. The van der Waals surface area contributed by atoms with E-state index in [1.165, 1.54) is 6.92 Å². The van der Waals surface area contributed by atoms with Gasteiger partial charge in [-0.15, -0.1) is 0 Å². The summed E-state index contributed by atoms with van der Waals surface area (Å²) in [7, 11) is 0. The molecule has 0 saturated heterocycles. The van der Waals surface area contributed by atoms with Crippen LogP contribution in [0.4, 0.5) is 22.7 Å². The zero-order chi connectivity index (χ0) is 18.0. The van der Waals surface area contributed by atoms with Crippen molar-refractivity contribution in [2.45, 2.75) is 19.8 Å². The molecule has 3 amide bonds. The first-order chi connectivity index (χ1) is 11.9. The minimum absolute atomic E-state index is 0.0000231. The number of nitrogens with two attached hydrogens (primary N) is 1. The maximum atomic E-state index is 11.0. The average Bonchev–Trinajstić information content (AvgIpc) is 3.07. The Morgan fingerprint density at radius 3 is 2.12 bits per heavy atom. The van der Waals surface area contributed by atoms with E-state index in [1.54, 1.807) is 18.2 Å². The van der Waals surface area contributed by atoms with Crippen molar-refractivity contribution in [3.63, 3.8) is 0 Å². The van der Waals surface area contributed by atoms with Crippen molar-refractivity contribution in [3.8, 4) is 0 Å². The number of benzene rings is 2. The fourth-order valence-corrected chi connectivity index (χ4v) is 2.76. The third-order valence-electron chi connectivity index (χ3n) is 3.81. The summed E-state index contributed by atoms with van der Waals surface area (Å²) >= 11 is 0. The number of hydrogen-bond donors (Lipinski definition) is 4. The van der Waals surface area contributed by atoms with Crippen molar-refractivity contribution < 1.29 is 14.4 Å². The lowest BCUT2D eigenvalue weighted by atomic mass is 10.1. The third kappa shape index (κ3) is 3.95.